The number of aryl methyl sites for hydroxylation is 1. The molecule has 0 heterocycles. The molecule has 0 aliphatic rings. The largest absolute Gasteiger partial charge is 0.744 e. The molecule has 4 rings (SSSR count). The topological polar surface area (TPSA) is 57.2 Å². The maximum absolute atomic E-state index is 12.5. The Labute approximate surface area is 188 Å². The first kappa shape index (κ1) is 21.7. The van der Waals surface area contributed by atoms with Crippen LogP contribution >= 0.6 is 18.9 Å². The van der Waals surface area contributed by atoms with Gasteiger partial charge in [-0.1, -0.05) is 66.2 Å². The Morgan fingerprint density at radius 1 is 0.710 bits per heavy atom. The summed E-state index contributed by atoms with van der Waals surface area (Å²) in [4.78, 5) is -0.223. The van der Waals surface area contributed by atoms with Gasteiger partial charge in [-0.05, 0) is 55.0 Å². The van der Waals surface area contributed by atoms with Crippen LogP contribution in [-0.2, 0) is 10.1 Å². The van der Waals surface area contributed by atoms with Gasteiger partial charge in [-0.3, -0.25) is 0 Å². The Morgan fingerprint density at radius 2 is 1.10 bits per heavy atom. The van der Waals surface area contributed by atoms with Crippen molar-refractivity contribution in [3.63, 3.8) is 0 Å². The van der Waals surface area contributed by atoms with Crippen molar-refractivity contribution >= 4 is 50.2 Å². The van der Waals surface area contributed by atoms with Crippen LogP contribution in [0.1, 0.15) is 5.56 Å². The predicted molar refractivity (Wildman–Crippen MR) is 129 cm³/mol. The summed E-state index contributed by atoms with van der Waals surface area (Å²) in [6, 6.07) is 32.3. The minimum absolute atomic E-state index is 0.223. The van der Waals surface area contributed by atoms with Crippen LogP contribution in [0.4, 0.5) is 0 Å². The molecular weight excluding hydrogens is 447 g/mol. The van der Waals surface area contributed by atoms with Gasteiger partial charge in [0, 0.05) is 11.1 Å². The summed E-state index contributed by atoms with van der Waals surface area (Å²) in [7, 11) is -7.51. The third kappa shape index (κ3) is 3.93. The smallest absolute Gasteiger partial charge is 0.145 e. The van der Waals surface area contributed by atoms with Gasteiger partial charge in [-0.2, -0.15) is 0 Å². The normalized spacial score (nSPS) is 12.0. The molecule has 6 heteroatoms. The van der Waals surface area contributed by atoms with Gasteiger partial charge in [-0.25, -0.2) is 8.42 Å². The van der Waals surface area contributed by atoms with Gasteiger partial charge in [-0.15, -0.1) is 0 Å². The fraction of sp³-hybridized carbons (Fsp3) is 0.0400. The summed E-state index contributed by atoms with van der Waals surface area (Å²) in [5.41, 5.74) is 0.548. The van der Waals surface area contributed by atoms with E-state index in [9.17, 15) is 13.0 Å². The molecule has 0 aliphatic heterocycles. The van der Waals surface area contributed by atoms with Crippen molar-refractivity contribution in [1.82, 2.24) is 0 Å². The Bertz CT molecular complexity index is 1210. The molecule has 31 heavy (non-hydrogen) atoms. The van der Waals surface area contributed by atoms with E-state index in [2.05, 4.69) is 0 Å². The van der Waals surface area contributed by atoms with Crippen LogP contribution in [0.2, 0.25) is 5.02 Å². The van der Waals surface area contributed by atoms with Crippen molar-refractivity contribution in [2.24, 2.45) is 0 Å². The zero-order valence-electron chi connectivity index (χ0n) is 16.8. The van der Waals surface area contributed by atoms with Crippen molar-refractivity contribution in [3.8, 4) is 0 Å². The summed E-state index contributed by atoms with van der Waals surface area (Å²) >= 11 is 6.53. The molecule has 0 atom stereocenters. The summed E-state index contributed by atoms with van der Waals surface area (Å²) in [6.45, 7) is 1.70. The highest BCUT2D eigenvalue weighted by molar-refractivity contribution is 8.02. The van der Waals surface area contributed by atoms with Crippen molar-refractivity contribution in [2.75, 3.05) is 0 Å². The van der Waals surface area contributed by atoms with Crippen molar-refractivity contribution in [3.05, 3.63) is 114 Å². The molecule has 3 nitrogen and oxygen atoms in total. The lowest BCUT2D eigenvalue weighted by atomic mass is 10.2. The predicted octanol–water partition coefficient (Wildman–Crippen LogP) is 4.17. The molecule has 0 unspecified atom stereocenters. The third-order valence-electron chi connectivity index (χ3n) is 5.30. The average Bonchev–Trinajstić information content (AvgIpc) is 2.78. The van der Waals surface area contributed by atoms with E-state index in [0.717, 1.165) is 15.9 Å². The quantitative estimate of drug-likeness (QED) is 0.327. The molecule has 156 valence electrons. The molecule has 0 saturated heterocycles. The highest BCUT2D eigenvalue weighted by atomic mass is 35.5. The zero-order valence-corrected chi connectivity index (χ0v) is 19.2. The van der Waals surface area contributed by atoms with E-state index in [-0.39, 0.29) is 4.90 Å². The van der Waals surface area contributed by atoms with Crippen LogP contribution in [0.5, 0.6) is 0 Å². The zero-order chi connectivity index (χ0) is 22.1. The van der Waals surface area contributed by atoms with Crippen molar-refractivity contribution in [2.45, 2.75) is 11.8 Å². The molecule has 0 radical (unpaired) electrons. The molecule has 4 aromatic rings. The lowest BCUT2D eigenvalue weighted by molar-refractivity contribution is 0.463. The first-order valence-electron chi connectivity index (χ1n) is 9.67. The van der Waals surface area contributed by atoms with Crippen molar-refractivity contribution < 1.29 is 13.0 Å². The second-order valence-corrected chi connectivity index (χ2v) is 12.3. The molecule has 0 amide bonds. The summed E-state index contributed by atoms with van der Waals surface area (Å²) in [5, 5.41) is 3.70. The summed E-state index contributed by atoms with van der Waals surface area (Å²) in [6.07, 6.45) is 0. The molecule has 4 aromatic carbocycles. The van der Waals surface area contributed by atoms with E-state index in [1.807, 2.05) is 91.0 Å². The fourth-order valence-corrected chi connectivity index (χ4v) is 9.85. The van der Waals surface area contributed by atoms with Gasteiger partial charge in [0.15, 0.2) is 0 Å². The maximum Gasteiger partial charge on any atom is 0.145 e. The Balaban J connectivity index is 2.27. The highest BCUT2D eigenvalue weighted by Crippen LogP contribution is 2.55. The number of hydrogen-bond donors (Lipinski definition) is 0. The number of hydrogen-bond acceptors (Lipinski definition) is 3. The maximum atomic E-state index is 12.5. The van der Waals surface area contributed by atoms with Gasteiger partial charge in [0.25, 0.3) is 0 Å². The second kappa shape index (κ2) is 8.57. The molecule has 0 N–H and O–H groups in total. The second-order valence-electron chi connectivity index (χ2n) is 7.20. The minimum atomic E-state index is -4.76. The molecule has 0 aliphatic carbocycles. The van der Waals surface area contributed by atoms with E-state index < -0.39 is 17.4 Å². The monoisotopic (exact) mass is 466 g/mol. The molecule has 0 aromatic heterocycles. The van der Waals surface area contributed by atoms with E-state index in [4.69, 9.17) is 11.6 Å². The first-order valence-corrected chi connectivity index (χ1v) is 13.2. The van der Waals surface area contributed by atoms with Crippen LogP contribution in [0.25, 0.3) is 0 Å². The van der Waals surface area contributed by atoms with E-state index in [0.29, 0.717) is 15.9 Å². The third-order valence-corrected chi connectivity index (χ3v) is 11.0. The number of halogens is 1. The van der Waals surface area contributed by atoms with Gasteiger partial charge < -0.3 is 4.55 Å². The van der Waals surface area contributed by atoms with Gasteiger partial charge in [0.1, 0.15) is 38.6 Å². The van der Waals surface area contributed by atoms with Crippen LogP contribution in [0, 0.1) is 6.92 Å². The Morgan fingerprint density at radius 3 is 1.45 bits per heavy atom. The van der Waals surface area contributed by atoms with Crippen LogP contribution in [-0.4, -0.2) is 13.0 Å². The van der Waals surface area contributed by atoms with Gasteiger partial charge in [0.2, 0.25) is 0 Å². The summed E-state index contributed by atoms with van der Waals surface area (Å²) < 4.78 is 37.4. The Kier molecular flexibility index (Phi) is 6.00. The van der Waals surface area contributed by atoms with E-state index in [1.54, 1.807) is 13.0 Å². The first-order chi connectivity index (χ1) is 14.8. The van der Waals surface area contributed by atoms with Crippen molar-refractivity contribution in [1.29, 1.82) is 0 Å². The summed E-state index contributed by atoms with van der Waals surface area (Å²) in [5.74, 6) is 0. The van der Waals surface area contributed by atoms with Crippen LogP contribution < -0.4 is 21.2 Å². The Hall–Kier alpha value is -2.49. The molecule has 0 saturated carbocycles. The van der Waals surface area contributed by atoms with Gasteiger partial charge in [0.05, 0.1) is 4.90 Å². The lowest BCUT2D eigenvalue weighted by Crippen LogP contribution is -2.40. The number of benzene rings is 4. The number of rotatable bonds is 5. The average molecular weight is 467 g/mol. The molecule has 0 bridgehead atoms. The van der Waals surface area contributed by atoms with Gasteiger partial charge >= 0.3 is 0 Å². The van der Waals surface area contributed by atoms with E-state index >= 15 is 0 Å². The molecular formula is C25H20ClO3PS. The fourth-order valence-electron chi connectivity index (χ4n) is 3.93. The lowest BCUT2D eigenvalue weighted by Gasteiger charge is -2.30. The minimum Gasteiger partial charge on any atom is -0.744 e. The molecule has 0 spiro atoms. The SMILES string of the molecule is Cc1cc(S(=O)(=O)[O-])c([P+](c2ccccc2)(c2ccccc2)c2ccccc2)cc1Cl. The van der Waals surface area contributed by atoms with Crippen LogP contribution in [0.15, 0.2) is 108 Å². The highest BCUT2D eigenvalue weighted by Gasteiger charge is 2.50. The van der Waals surface area contributed by atoms with Crippen LogP contribution in [0.3, 0.4) is 0 Å². The molecule has 0 fully saturated rings. The standard InChI is InChI=1S/C25H20ClO3PS/c1-19-17-25(31(27,28)29)24(18-23(19)26)30(20-11-5-2-6-12-20,21-13-7-3-8-14-21)22-15-9-4-10-16-22/h2-18H,1H3. The van der Waals surface area contributed by atoms with E-state index in [1.165, 1.54) is 6.07 Å².